The van der Waals surface area contributed by atoms with Gasteiger partial charge in [-0.1, -0.05) is 6.07 Å². The summed E-state index contributed by atoms with van der Waals surface area (Å²) in [5.74, 6) is -2.08. The van der Waals surface area contributed by atoms with Gasteiger partial charge in [0.25, 0.3) is 0 Å². The van der Waals surface area contributed by atoms with Crippen LogP contribution in [-0.4, -0.2) is 0 Å². The largest absolute Gasteiger partial charge is 0.207 e. The molecule has 0 aliphatic carbocycles. The third kappa shape index (κ3) is 3.15. The zero-order valence-electron chi connectivity index (χ0n) is 11.2. The number of hydrogen-bond acceptors (Lipinski definition) is 0. The van der Waals surface area contributed by atoms with E-state index in [9.17, 15) is 13.2 Å². The standard InChI is InChI=1S/C16H14ClF3/c1-9-5-12(18)6-10(2)16(9)13(17)7-11-3-4-14(19)15(20)8-11/h3-6,8,13H,7H2,1-2H3. The molecule has 106 valence electrons. The minimum Gasteiger partial charge on any atom is -0.207 e. The zero-order chi connectivity index (χ0) is 14.9. The second-order valence-corrected chi connectivity index (χ2v) is 5.40. The molecule has 2 aromatic carbocycles. The Morgan fingerprint density at radius 2 is 1.55 bits per heavy atom. The van der Waals surface area contributed by atoms with Gasteiger partial charge in [0.1, 0.15) is 5.82 Å². The quantitative estimate of drug-likeness (QED) is 0.680. The van der Waals surface area contributed by atoms with Gasteiger partial charge in [-0.2, -0.15) is 0 Å². The molecule has 20 heavy (non-hydrogen) atoms. The zero-order valence-corrected chi connectivity index (χ0v) is 11.9. The minimum absolute atomic E-state index is 0.305. The molecule has 0 radical (unpaired) electrons. The molecule has 1 atom stereocenters. The maximum atomic E-state index is 13.3. The van der Waals surface area contributed by atoms with Crippen LogP contribution in [0.2, 0.25) is 0 Å². The highest BCUT2D eigenvalue weighted by molar-refractivity contribution is 6.21. The fraction of sp³-hybridized carbons (Fsp3) is 0.250. The van der Waals surface area contributed by atoms with E-state index in [0.717, 1.165) is 28.8 Å². The summed E-state index contributed by atoms with van der Waals surface area (Å²) in [6.45, 7) is 3.57. The predicted molar refractivity (Wildman–Crippen MR) is 74.5 cm³/mol. The molecule has 2 aromatic rings. The lowest BCUT2D eigenvalue weighted by atomic mass is 9.95. The van der Waals surface area contributed by atoms with Crippen LogP contribution in [0.3, 0.4) is 0 Å². The van der Waals surface area contributed by atoms with Crippen molar-refractivity contribution < 1.29 is 13.2 Å². The maximum absolute atomic E-state index is 13.3. The molecular formula is C16H14ClF3. The number of alkyl halides is 1. The fourth-order valence-corrected chi connectivity index (χ4v) is 2.91. The Kier molecular flexibility index (Phi) is 4.39. The first-order valence-electron chi connectivity index (χ1n) is 6.23. The van der Waals surface area contributed by atoms with Gasteiger partial charge in [0.05, 0.1) is 5.38 Å². The van der Waals surface area contributed by atoms with Crippen molar-refractivity contribution in [1.82, 2.24) is 0 Å². The van der Waals surface area contributed by atoms with Gasteiger partial charge in [0, 0.05) is 0 Å². The van der Waals surface area contributed by atoms with Crippen molar-refractivity contribution >= 4 is 11.6 Å². The number of halogens is 4. The molecule has 1 unspecified atom stereocenters. The van der Waals surface area contributed by atoms with Gasteiger partial charge < -0.3 is 0 Å². The van der Waals surface area contributed by atoms with Crippen LogP contribution in [0, 0.1) is 31.3 Å². The second kappa shape index (κ2) is 5.88. The van der Waals surface area contributed by atoms with Gasteiger partial charge in [-0.15, -0.1) is 11.6 Å². The van der Waals surface area contributed by atoms with Crippen molar-refractivity contribution in [2.75, 3.05) is 0 Å². The predicted octanol–water partition coefficient (Wildman–Crippen LogP) is 5.24. The summed E-state index contributed by atoms with van der Waals surface area (Å²) in [4.78, 5) is 0. The van der Waals surface area contributed by atoms with Crippen LogP contribution in [-0.2, 0) is 6.42 Å². The lowest BCUT2D eigenvalue weighted by Gasteiger charge is -2.16. The first-order chi connectivity index (χ1) is 9.38. The van der Waals surface area contributed by atoms with Gasteiger partial charge >= 0.3 is 0 Å². The third-order valence-corrected chi connectivity index (χ3v) is 3.64. The van der Waals surface area contributed by atoms with E-state index >= 15 is 0 Å². The monoisotopic (exact) mass is 298 g/mol. The molecule has 0 amide bonds. The first-order valence-corrected chi connectivity index (χ1v) is 6.66. The molecule has 0 bridgehead atoms. The lowest BCUT2D eigenvalue weighted by molar-refractivity contribution is 0.507. The van der Waals surface area contributed by atoms with Crippen molar-refractivity contribution in [3.63, 3.8) is 0 Å². The van der Waals surface area contributed by atoms with Crippen LogP contribution in [0.1, 0.15) is 27.6 Å². The van der Waals surface area contributed by atoms with Crippen molar-refractivity contribution in [3.05, 3.63) is 70.0 Å². The van der Waals surface area contributed by atoms with E-state index in [0.29, 0.717) is 12.0 Å². The van der Waals surface area contributed by atoms with E-state index < -0.39 is 17.0 Å². The summed E-state index contributed by atoms with van der Waals surface area (Å²) in [5, 5.41) is -0.416. The van der Waals surface area contributed by atoms with Crippen molar-refractivity contribution in [3.8, 4) is 0 Å². The SMILES string of the molecule is Cc1cc(F)cc(C)c1C(Cl)Cc1ccc(F)c(F)c1. The lowest BCUT2D eigenvalue weighted by Crippen LogP contribution is -2.03. The Morgan fingerprint density at radius 1 is 0.950 bits per heavy atom. The van der Waals surface area contributed by atoms with Gasteiger partial charge in [-0.3, -0.25) is 0 Å². The van der Waals surface area contributed by atoms with Crippen LogP contribution < -0.4 is 0 Å². The third-order valence-electron chi connectivity index (χ3n) is 3.27. The first kappa shape index (κ1) is 14.9. The van der Waals surface area contributed by atoms with Crippen molar-refractivity contribution in [2.24, 2.45) is 0 Å². The number of aryl methyl sites for hydroxylation is 2. The molecule has 0 nitrogen and oxygen atoms in total. The van der Waals surface area contributed by atoms with Gasteiger partial charge in [-0.05, 0) is 66.8 Å². The van der Waals surface area contributed by atoms with Crippen LogP contribution in [0.15, 0.2) is 30.3 Å². The van der Waals surface area contributed by atoms with Gasteiger partial charge in [0.2, 0.25) is 0 Å². The Morgan fingerprint density at radius 3 is 2.10 bits per heavy atom. The Bertz CT molecular complexity index is 615. The highest BCUT2D eigenvalue weighted by Gasteiger charge is 2.16. The summed E-state index contributed by atoms with van der Waals surface area (Å²) < 4.78 is 39.3. The van der Waals surface area contributed by atoms with E-state index in [1.54, 1.807) is 13.8 Å². The molecule has 0 heterocycles. The molecule has 0 saturated carbocycles. The molecule has 0 aliphatic heterocycles. The van der Waals surface area contributed by atoms with Gasteiger partial charge in [-0.25, -0.2) is 13.2 Å². The average molecular weight is 299 g/mol. The normalized spacial score (nSPS) is 12.5. The minimum atomic E-state index is -0.890. The number of benzene rings is 2. The van der Waals surface area contributed by atoms with E-state index in [1.807, 2.05) is 0 Å². The molecule has 4 heteroatoms. The summed E-state index contributed by atoms with van der Waals surface area (Å²) in [6.07, 6.45) is 0.353. The average Bonchev–Trinajstić information content (AvgIpc) is 2.32. The van der Waals surface area contributed by atoms with Gasteiger partial charge in [0.15, 0.2) is 11.6 Å². The fourth-order valence-electron chi connectivity index (χ4n) is 2.39. The van der Waals surface area contributed by atoms with E-state index in [1.165, 1.54) is 18.2 Å². The van der Waals surface area contributed by atoms with E-state index in [2.05, 4.69) is 0 Å². The van der Waals surface area contributed by atoms with Crippen LogP contribution in [0.4, 0.5) is 13.2 Å². The summed E-state index contributed by atoms with van der Waals surface area (Å²) in [6, 6.07) is 6.56. The maximum Gasteiger partial charge on any atom is 0.159 e. The van der Waals surface area contributed by atoms with Crippen molar-refractivity contribution in [1.29, 1.82) is 0 Å². The van der Waals surface area contributed by atoms with E-state index in [4.69, 9.17) is 11.6 Å². The Hall–Kier alpha value is -1.48. The molecule has 0 saturated heterocycles. The second-order valence-electron chi connectivity index (χ2n) is 4.87. The highest BCUT2D eigenvalue weighted by Crippen LogP contribution is 2.31. The number of rotatable bonds is 3. The molecule has 0 fully saturated rings. The topological polar surface area (TPSA) is 0 Å². The molecule has 0 aliphatic rings. The smallest absolute Gasteiger partial charge is 0.159 e. The molecule has 0 N–H and O–H groups in total. The van der Waals surface area contributed by atoms with Crippen LogP contribution >= 0.6 is 11.6 Å². The van der Waals surface area contributed by atoms with Crippen LogP contribution in [0.25, 0.3) is 0 Å². The Balaban J connectivity index is 2.28. The molecule has 2 rings (SSSR count). The Labute approximate surface area is 121 Å². The summed E-state index contributed by atoms with van der Waals surface area (Å²) in [5.41, 5.74) is 2.94. The molecular weight excluding hydrogens is 285 g/mol. The van der Waals surface area contributed by atoms with Crippen LogP contribution in [0.5, 0.6) is 0 Å². The number of hydrogen-bond donors (Lipinski definition) is 0. The molecule has 0 spiro atoms. The van der Waals surface area contributed by atoms with Crippen molar-refractivity contribution in [2.45, 2.75) is 25.6 Å². The highest BCUT2D eigenvalue weighted by atomic mass is 35.5. The summed E-state index contributed by atoms with van der Waals surface area (Å²) >= 11 is 6.36. The van der Waals surface area contributed by atoms with E-state index in [-0.39, 0.29) is 5.82 Å². The molecule has 0 aromatic heterocycles. The summed E-state index contributed by atoms with van der Waals surface area (Å²) in [7, 11) is 0.